The zero-order valence-electron chi connectivity index (χ0n) is 9.07. The molecule has 2 N–H and O–H groups in total. The molecule has 1 saturated heterocycles. The van der Waals surface area contributed by atoms with Gasteiger partial charge in [-0.2, -0.15) is 9.57 Å². The number of hydrogen-bond acceptors (Lipinski definition) is 5. The SMILES string of the molecule is N#Cc1ncccc1S(=O)(=O)N1CCCC1N. The molecule has 1 atom stereocenters. The summed E-state index contributed by atoms with van der Waals surface area (Å²) in [6.45, 7) is 0.392. The summed E-state index contributed by atoms with van der Waals surface area (Å²) < 4.78 is 25.8. The van der Waals surface area contributed by atoms with Gasteiger partial charge in [0.1, 0.15) is 11.0 Å². The first kappa shape index (κ1) is 12.0. The topological polar surface area (TPSA) is 100 Å². The minimum Gasteiger partial charge on any atom is -0.315 e. The summed E-state index contributed by atoms with van der Waals surface area (Å²) in [5, 5.41) is 8.86. The van der Waals surface area contributed by atoms with E-state index in [9.17, 15) is 8.42 Å². The van der Waals surface area contributed by atoms with Gasteiger partial charge in [-0.25, -0.2) is 13.4 Å². The van der Waals surface area contributed by atoms with Crippen LogP contribution < -0.4 is 5.73 Å². The van der Waals surface area contributed by atoms with Crippen molar-refractivity contribution in [3.05, 3.63) is 24.0 Å². The highest BCUT2D eigenvalue weighted by Crippen LogP contribution is 2.24. The summed E-state index contributed by atoms with van der Waals surface area (Å²) in [5.41, 5.74) is 5.65. The first-order valence-electron chi connectivity index (χ1n) is 5.20. The summed E-state index contributed by atoms with van der Waals surface area (Å²) in [4.78, 5) is 3.68. The lowest BCUT2D eigenvalue weighted by molar-refractivity contribution is 0.395. The minimum absolute atomic E-state index is 0.0696. The van der Waals surface area contributed by atoms with Gasteiger partial charge in [-0.15, -0.1) is 0 Å². The van der Waals surface area contributed by atoms with Crippen molar-refractivity contribution >= 4 is 10.0 Å². The van der Waals surface area contributed by atoms with E-state index in [1.165, 1.54) is 22.6 Å². The maximum absolute atomic E-state index is 12.3. The Hall–Kier alpha value is -1.49. The highest BCUT2D eigenvalue weighted by molar-refractivity contribution is 7.89. The molecule has 1 unspecified atom stereocenters. The molecule has 0 saturated carbocycles. The van der Waals surface area contributed by atoms with E-state index in [4.69, 9.17) is 11.0 Å². The maximum Gasteiger partial charge on any atom is 0.247 e. The third-order valence-electron chi connectivity index (χ3n) is 2.71. The Morgan fingerprint density at radius 1 is 1.59 bits per heavy atom. The fourth-order valence-electron chi connectivity index (χ4n) is 1.87. The Morgan fingerprint density at radius 2 is 2.35 bits per heavy atom. The molecule has 1 aliphatic heterocycles. The van der Waals surface area contributed by atoms with Gasteiger partial charge in [0.2, 0.25) is 10.0 Å². The lowest BCUT2D eigenvalue weighted by atomic mass is 10.3. The van der Waals surface area contributed by atoms with Crippen LogP contribution in [0.4, 0.5) is 0 Å². The molecular formula is C10H12N4O2S. The first-order chi connectivity index (χ1) is 8.07. The van der Waals surface area contributed by atoms with E-state index in [0.717, 1.165) is 6.42 Å². The van der Waals surface area contributed by atoms with E-state index in [-0.39, 0.29) is 10.6 Å². The monoisotopic (exact) mass is 252 g/mol. The van der Waals surface area contributed by atoms with Crippen LogP contribution in [0.3, 0.4) is 0 Å². The minimum atomic E-state index is -3.71. The van der Waals surface area contributed by atoms with E-state index in [0.29, 0.717) is 13.0 Å². The number of hydrogen-bond donors (Lipinski definition) is 1. The Labute approximate surface area is 99.7 Å². The van der Waals surface area contributed by atoms with Crippen molar-refractivity contribution in [2.75, 3.05) is 6.54 Å². The molecule has 0 radical (unpaired) electrons. The number of nitrogens with two attached hydrogens (primary N) is 1. The van der Waals surface area contributed by atoms with Crippen molar-refractivity contribution in [1.82, 2.24) is 9.29 Å². The van der Waals surface area contributed by atoms with Gasteiger partial charge in [-0.1, -0.05) is 0 Å². The van der Waals surface area contributed by atoms with Crippen molar-refractivity contribution in [3.8, 4) is 6.07 Å². The molecule has 1 aromatic rings. The second-order valence-electron chi connectivity index (χ2n) is 3.79. The van der Waals surface area contributed by atoms with E-state index in [1.807, 2.05) is 0 Å². The summed E-state index contributed by atoms with van der Waals surface area (Å²) >= 11 is 0. The maximum atomic E-state index is 12.3. The molecule has 7 heteroatoms. The lowest BCUT2D eigenvalue weighted by Gasteiger charge is -2.20. The lowest BCUT2D eigenvalue weighted by Crippen LogP contribution is -2.41. The van der Waals surface area contributed by atoms with Gasteiger partial charge in [0.15, 0.2) is 5.69 Å². The van der Waals surface area contributed by atoms with Crippen LogP contribution in [0.2, 0.25) is 0 Å². The second kappa shape index (κ2) is 4.41. The fourth-order valence-corrected chi connectivity index (χ4v) is 3.55. The Bertz CT molecular complexity index is 564. The van der Waals surface area contributed by atoms with Crippen LogP contribution in [0.15, 0.2) is 23.2 Å². The summed E-state index contributed by atoms with van der Waals surface area (Å²) in [7, 11) is -3.71. The van der Waals surface area contributed by atoms with Crippen molar-refractivity contribution in [3.63, 3.8) is 0 Å². The molecule has 1 aromatic heterocycles. The molecule has 1 aliphatic rings. The molecular weight excluding hydrogens is 240 g/mol. The number of sulfonamides is 1. The van der Waals surface area contributed by atoms with Gasteiger partial charge < -0.3 is 5.73 Å². The van der Waals surface area contributed by atoms with Crippen LogP contribution in [0.25, 0.3) is 0 Å². The van der Waals surface area contributed by atoms with E-state index in [2.05, 4.69) is 4.98 Å². The van der Waals surface area contributed by atoms with Crippen LogP contribution in [-0.4, -0.2) is 30.4 Å². The predicted octanol–water partition coefficient (Wildman–Crippen LogP) is 0.0226. The highest BCUT2D eigenvalue weighted by atomic mass is 32.2. The quantitative estimate of drug-likeness (QED) is 0.800. The molecule has 2 rings (SSSR count). The predicted molar refractivity (Wildman–Crippen MR) is 60.1 cm³/mol. The molecule has 2 heterocycles. The number of rotatable bonds is 2. The van der Waals surface area contributed by atoms with Crippen LogP contribution in [-0.2, 0) is 10.0 Å². The average molecular weight is 252 g/mol. The summed E-state index contributed by atoms with van der Waals surface area (Å²) in [6, 6.07) is 4.66. The normalized spacial score (nSPS) is 21.3. The van der Waals surface area contributed by atoms with Crippen LogP contribution in [0.5, 0.6) is 0 Å². The van der Waals surface area contributed by atoms with Gasteiger partial charge in [0.25, 0.3) is 0 Å². The molecule has 0 aromatic carbocycles. The molecule has 0 aliphatic carbocycles. The van der Waals surface area contributed by atoms with Gasteiger partial charge in [0.05, 0.1) is 6.17 Å². The number of pyridine rings is 1. The third kappa shape index (κ3) is 2.02. The Kier molecular flexibility index (Phi) is 3.11. The Morgan fingerprint density at radius 3 is 2.94 bits per heavy atom. The Balaban J connectivity index is 2.49. The summed E-state index contributed by atoms with van der Waals surface area (Å²) in [6.07, 6.45) is 2.26. The van der Waals surface area contributed by atoms with Crippen LogP contribution in [0.1, 0.15) is 18.5 Å². The molecule has 90 valence electrons. The van der Waals surface area contributed by atoms with Crippen LogP contribution in [0, 0.1) is 11.3 Å². The zero-order chi connectivity index (χ0) is 12.5. The summed E-state index contributed by atoms with van der Waals surface area (Å²) in [5.74, 6) is 0. The van der Waals surface area contributed by atoms with Gasteiger partial charge in [0, 0.05) is 12.7 Å². The molecule has 17 heavy (non-hydrogen) atoms. The van der Waals surface area contributed by atoms with Crippen molar-refractivity contribution in [2.45, 2.75) is 23.9 Å². The standard InChI is InChI=1S/C10H12N4O2S/c11-7-8-9(3-1-5-13-8)17(15,16)14-6-2-4-10(14)12/h1,3,5,10H,2,4,6,12H2. The van der Waals surface area contributed by atoms with Gasteiger partial charge >= 0.3 is 0 Å². The smallest absolute Gasteiger partial charge is 0.247 e. The van der Waals surface area contributed by atoms with Gasteiger partial charge in [-0.3, -0.25) is 0 Å². The van der Waals surface area contributed by atoms with Crippen molar-refractivity contribution in [2.24, 2.45) is 5.73 Å². The molecule has 0 spiro atoms. The zero-order valence-corrected chi connectivity index (χ0v) is 9.89. The van der Waals surface area contributed by atoms with Crippen LogP contribution >= 0.6 is 0 Å². The van der Waals surface area contributed by atoms with Gasteiger partial charge in [-0.05, 0) is 25.0 Å². The molecule has 0 amide bonds. The highest BCUT2D eigenvalue weighted by Gasteiger charge is 2.34. The fraction of sp³-hybridized carbons (Fsp3) is 0.400. The first-order valence-corrected chi connectivity index (χ1v) is 6.64. The van der Waals surface area contributed by atoms with Crippen molar-refractivity contribution < 1.29 is 8.42 Å². The third-order valence-corrected chi connectivity index (χ3v) is 4.67. The molecule has 6 nitrogen and oxygen atoms in total. The van der Waals surface area contributed by atoms with E-state index >= 15 is 0 Å². The number of nitrogens with zero attached hydrogens (tertiary/aromatic N) is 3. The average Bonchev–Trinajstić information content (AvgIpc) is 2.76. The number of nitriles is 1. The van der Waals surface area contributed by atoms with Crippen molar-refractivity contribution in [1.29, 1.82) is 5.26 Å². The molecule has 1 fully saturated rings. The van der Waals surface area contributed by atoms with E-state index in [1.54, 1.807) is 6.07 Å². The van der Waals surface area contributed by atoms with E-state index < -0.39 is 16.2 Å². The largest absolute Gasteiger partial charge is 0.315 e. The molecule has 0 bridgehead atoms. The second-order valence-corrected chi connectivity index (χ2v) is 5.65. The number of aromatic nitrogens is 1.